The number of methoxy groups -OCH3 is 1. The summed E-state index contributed by atoms with van der Waals surface area (Å²) in [5, 5.41) is 0. The summed E-state index contributed by atoms with van der Waals surface area (Å²) < 4.78 is 48.1. The summed E-state index contributed by atoms with van der Waals surface area (Å²) in [5.74, 6) is -0.680. The van der Waals surface area contributed by atoms with Crippen LogP contribution in [-0.4, -0.2) is 74.2 Å². The van der Waals surface area contributed by atoms with E-state index in [2.05, 4.69) is 4.98 Å². The third kappa shape index (κ3) is 5.75. The lowest BCUT2D eigenvalue weighted by Crippen LogP contribution is -2.41. The smallest absolute Gasteiger partial charge is 0.331 e. The summed E-state index contributed by atoms with van der Waals surface area (Å²) >= 11 is 0. The van der Waals surface area contributed by atoms with E-state index >= 15 is 0 Å². The Labute approximate surface area is 189 Å². The topological polar surface area (TPSA) is 187 Å². The Morgan fingerprint density at radius 3 is 2.42 bits per heavy atom. The minimum atomic E-state index is -4.44. The molecule has 1 saturated heterocycles. The molecule has 0 amide bonds. The largest absolute Gasteiger partial charge is 0.382 e. The van der Waals surface area contributed by atoms with Gasteiger partial charge in [0.05, 0.1) is 30.6 Å². The Morgan fingerprint density at radius 1 is 1.21 bits per heavy atom. The third-order valence-corrected chi connectivity index (χ3v) is 9.14. The minimum absolute atomic E-state index is 0.0225. The van der Waals surface area contributed by atoms with Crippen LogP contribution < -0.4 is 11.2 Å². The van der Waals surface area contributed by atoms with Gasteiger partial charge in [-0.15, -0.1) is 0 Å². The van der Waals surface area contributed by atoms with Crippen molar-refractivity contribution in [2.24, 2.45) is 5.92 Å². The van der Waals surface area contributed by atoms with Crippen molar-refractivity contribution in [3.63, 3.8) is 0 Å². The van der Waals surface area contributed by atoms with E-state index in [9.17, 15) is 33.4 Å². The molecule has 0 radical (unpaired) electrons. The average Bonchev–Trinajstić information content (AvgIpc) is 3.44. The molecule has 1 saturated carbocycles. The van der Waals surface area contributed by atoms with Crippen molar-refractivity contribution in [3.8, 4) is 0 Å². The molecule has 7 atom stereocenters. The lowest BCUT2D eigenvalue weighted by atomic mass is 10.1. The Morgan fingerprint density at radius 2 is 1.88 bits per heavy atom. The molecule has 13 nitrogen and oxygen atoms in total. The van der Waals surface area contributed by atoms with Crippen LogP contribution in [-0.2, 0) is 27.9 Å². The number of aromatic amines is 1. The quantitative estimate of drug-likeness (QED) is 0.250. The second kappa shape index (κ2) is 9.85. The molecule has 1 aromatic heterocycles. The Bertz CT molecular complexity index is 1060. The Kier molecular flexibility index (Phi) is 7.90. The molecule has 1 aliphatic heterocycles. The number of aromatic nitrogens is 2. The third-order valence-electron chi connectivity index (χ3n) is 5.83. The highest BCUT2D eigenvalue weighted by molar-refractivity contribution is 7.53. The Balaban J connectivity index is 2.04. The van der Waals surface area contributed by atoms with E-state index in [1.165, 1.54) is 34.1 Å². The molecule has 2 aliphatic rings. The highest BCUT2D eigenvalue weighted by Crippen LogP contribution is 2.63. The van der Waals surface area contributed by atoms with Gasteiger partial charge in [-0.2, -0.15) is 0 Å². The molecule has 0 bridgehead atoms. The minimum Gasteiger partial charge on any atom is -0.382 e. The van der Waals surface area contributed by atoms with E-state index in [0.29, 0.717) is 0 Å². The van der Waals surface area contributed by atoms with Gasteiger partial charge in [-0.25, -0.2) is 4.79 Å². The highest BCUT2D eigenvalue weighted by Gasteiger charge is 2.62. The van der Waals surface area contributed by atoms with Crippen molar-refractivity contribution in [3.05, 3.63) is 32.6 Å². The number of nitrogens with one attached hydrogen (secondary N) is 1. The summed E-state index contributed by atoms with van der Waals surface area (Å²) in [7, 11) is -7.16. The van der Waals surface area contributed by atoms with Crippen LogP contribution in [0.25, 0.3) is 0 Å². The van der Waals surface area contributed by atoms with Gasteiger partial charge >= 0.3 is 20.9 Å². The van der Waals surface area contributed by atoms with Crippen molar-refractivity contribution in [1.29, 1.82) is 0 Å². The molecule has 0 aromatic carbocycles. The second-order valence-electron chi connectivity index (χ2n) is 8.58. The van der Waals surface area contributed by atoms with Crippen LogP contribution in [0.5, 0.6) is 0 Å². The number of ether oxygens (including phenoxy) is 3. The van der Waals surface area contributed by atoms with Gasteiger partial charge in [-0.05, 0) is 13.3 Å². The van der Waals surface area contributed by atoms with E-state index < -0.39 is 68.2 Å². The zero-order valence-electron chi connectivity index (χ0n) is 18.7. The second-order valence-corrected chi connectivity index (χ2v) is 12.8. The van der Waals surface area contributed by atoms with Crippen LogP contribution in [0.2, 0.25) is 0 Å². The molecule has 15 heteroatoms. The van der Waals surface area contributed by atoms with Crippen LogP contribution in [0.3, 0.4) is 0 Å². The van der Waals surface area contributed by atoms with Gasteiger partial charge in [0.15, 0.2) is 6.23 Å². The van der Waals surface area contributed by atoms with Gasteiger partial charge in [0.1, 0.15) is 12.2 Å². The van der Waals surface area contributed by atoms with E-state index in [1.54, 1.807) is 0 Å². The van der Waals surface area contributed by atoms with Gasteiger partial charge < -0.3 is 28.9 Å². The van der Waals surface area contributed by atoms with Gasteiger partial charge in [0, 0.05) is 24.8 Å². The fraction of sp³-hybridized carbons (Fsp3) is 0.778. The molecular formula is C18H30N2O11P2. The molecule has 33 heavy (non-hydrogen) atoms. The van der Waals surface area contributed by atoms with Crippen molar-refractivity contribution in [2.45, 2.75) is 63.0 Å². The number of aryl methyl sites for hydroxylation is 1. The van der Waals surface area contributed by atoms with Crippen LogP contribution in [0.1, 0.15) is 32.1 Å². The fourth-order valence-corrected chi connectivity index (χ4v) is 5.83. The summed E-state index contributed by atoms with van der Waals surface area (Å²) in [6.45, 7) is 4.66. The first-order chi connectivity index (χ1) is 15.3. The zero-order valence-corrected chi connectivity index (χ0v) is 20.5. The maximum atomic E-state index is 12.7. The number of H-pyrrole nitrogens is 1. The SMILES string of the molecule is COCCOC1C(OP(=O)(O)C(C)C)C(C2C[C@@H]2P(=O)(O)O)OC1n1cc(C)c(=O)[nH]c1=O. The van der Waals surface area contributed by atoms with E-state index in [4.69, 9.17) is 18.7 Å². The molecule has 2 heterocycles. The lowest BCUT2D eigenvalue weighted by Gasteiger charge is -2.28. The molecule has 1 aliphatic carbocycles. The number of nitrogens with zero attached hydrogens (tertiary/aromatic N) is 1. The normalized spacial score (nSPS) is 31.6. The summed E-state index contributed by atoms with van der Waals surface area (Å²) in [6, 6.07) is 0. The maximum absolute atomic E-state index is 12.7. The molecule has 1 aromatic rings. The molecular weight excluding hydrogens is 482 g/mol. The zero-order chi connectivity index (χ0) is 24.7. The van der Waals surface area contributed by atoms with Gasteiger partial charge in [0.25, 0.3) is 5.56 Å². The maximum Gasteiger partial charge on any atom is 0.331 e. The molecule has 4 N–H and O–H groups in total. The highest BCUT2D eigenvalue weighted by atomic mass is 31.2. The summed E-state index contributed by atoms with van der Waals surface area (Å²) in [6.07, 6.45) is -3.17. The molecule has 0 spiro atoms. The van der Waals surface area contributed by atoms with Crippen LogP contribution in [0, 0.1) is 12.8 Å². The molecule has 2 fully saturated rings. The average molecular weight is 512 g/mol. The lowest BCUT2D eigenvalue weighted by molar-refractivity contribution is -0.0795. The van der Waals surface area contributed by atoms with Crippen LogP contribution in [0.15, 0.2) is 15.8 Å². The van der Waals surface area contributed by atoms with Crippen LogP contribution in [0.4, 0.5) is 0 Å². The van der Waals surface area contributed by atoms with Crippen molar-refractivity contribution in [2.75, 3.05) is 20.3 Å². The van der Waals surface area contributed by atoms with Gasteiger partial charge in [-0.3, -0.25) is 28.0 Å². The first-order valence-electron chi connectivity index (χ1n) is 10.4. The molecule has 188 valence electrons. The van der Waals surface area contributed by atoms with Crippen LogP contribution >= 0.6 is 15.2 Å². The van der Waals surface area contributed by atoms with E-state index in [0.717, 1.165) is 4.57 Å². The first-order valence-corrected chi connectivity index (χ1v) is 13.7. The fourth-order valence-electron chi connectivity index (χ4n) is 3.81. The van der Waals surface area contributed by atoms with Gasteiger partial charge in [0.2, 0.25) is 0 Å². The van der Waals surface area contributed by atoms with Crippen molar-refractivity contribution < 1.29 is 42.5 Å². The summed E-state index contributed by atoms with van der Waals surface area (Å²) in [5.41, 5.74) is -2.94. The standard InChI is InChI=1S/C18H30N2O11P2/c1-9(2)33(26,27)31-14-13(11-7-12(11)32(23,24)25)30-17(15(14)29-6-5-28-4)20-8-10(3)16(21)19-18(20)22/h8-9,11-15,17H,5-7H2,1-4H3,(H,26,27)(H,19,21,22)(H2,23,24,25)/t11?,12-,13?,14?,15?,17?/m0/s1. The molecule has 3 rings (SSSR count). The van der Waals surface area contributed by atoms with E-state index in [1.807, 2.05) is 0 Å². The van der Waals surface area contributed by atoms with Gasteiger partial charge in [-0.1, -0.05) is 13.8 Å². The first kappa shape index (κ1) is 26.5. The predicted molar refractivity (Wildman–Crippen MR) is 115 cm³/mol. The Hall–Kier alpha value is -1.14. The number of hydrogen-bond donors (Lipinski definition) is 4. The monoisotopic (exact) mass is 512 g/mol. The van der Waals surface area contributed by atoms with Crippen molar-refractivity contribution >= 4 is 15.2 Å². The van der Waals surface area contributed by atoms with Crippen molar-refractivity contribution in [1.82, 2.24) is 9.55 Å². The predicted octanol–water partition coefficient (Wildman–Crippen LogP) is 0.319. The number of hydrogen-bond acceptors (Lipinski definition) is 8. The number of rotatable bonds is 10. The van der Waals surface area contributed by atoms with E-state index in [-0.39, 0.29) is 25.2 Å². The molecule has 6 unspecified atom stereocenters. The summed E-state index contributed by atoms with van der Waals surface area (Å²) in [4.78, 5) is 56.1.